The Kier molecular flexibility index (Phi) is 3.62. The molecule has 0 fully saturated rings. The van der Waals surface area contributed by atoms with Gasteiger partial charge in [-0.3, -0.25) is 4.79 Å². The van der Waals surface area contributed by atoms with Gasteiger partial charge in [-0.25, -0.2) is 4.98 Å². The molecule has 4 nitrogen and oxygen atoms in total. The summed E-state index contributed by atoms with van der Waals surface area (Å²) in [6.07, 6.45) is 0. The summed E-state index contributed by atoms with van der Waals surface area (Å²) in [5.74, 6) is 0.0529. The van der Waals surface area contributed by atoms with E-state index in [2.05, 4.69) is 26.2 Å². The van der Waals surface area contributed by atoms with Gasteiger partial charge in [-0.15, -0.1) is 0 Å². The molecule has 2 rings (SSSR count). The molecule has 3 N–H and O–H groups in total. The minimum Gasteiger partial charge on any atom is -0.384 e. The van der Waals surface area contributed by atoms with Crippen LogP contribution in [-0.4, -0.2) is 10.9 Å². The number of nitrogens with one attached hydrogen (secondary N) is 1. The van der Waals surface area contributed by atoms with Gasteiger partial charge in [-0.05, 0) is 36.8 Å². The van der Waals surface area contributed by atoms with Crippen LogP contribution in [0.2, 0.25) is 0 Å². The number of anilines is 2. The van der Waals surface area contributed by atoms with Crippen LogP contribution in [0.4, 0.5) is 11.5 Å². The van der Waals surface area contributed by atoms with Crippen molar-refractivity contribution >= 4 is 33.3 Å². The average molecular weight is 306 g/mol. The zero-order valence-electron chi connectivity index (χ0n) is 9.77. The number of nitrogen functional groups attached to an aromatic ring is 1. The molecular weight excluding hydrogens is 294 g/mol. The fraction of sp³-hybridized carbons (Fsp3) is 0.0769. The molecule has 1 aromatic heterocycles. The van der Waals surface area contributed by atoms with Crippen molar-refractivity contribution in [2.75, 3.05) is 11.1 Å². The maximum absolute atomic E-state index is 12.0. The summed E-state index contributed by atoms with van der Waals surface area (Å²) < 4.78 is 0.945. The minimum absolute atomic E-state index is 0.275. The molecule has 0 atom stereocenters. The highest BCUT2D eigenvalue weighted by atomic mass is 79.9. The number of hydrogen-bond acceptors (Lipinski definition) is 3. The molecule has 5 heteroatoms. The minimum atomic E-state index is -0.275. The van der Waals surface area contributed by atoms with Crippen LogP contribution in [0.5, 0.6) is 0 Å². The molecule has 92 valence electrons. The number of aromatic nitrogens is 1. The summed E-state index contributed by atoms with van der Waals surface area (Å²) in [6.45, 7) is 1.92. The van der Waals surface area contributed by atoms with Crippen molar-refractivity contribution in [1.29, 1.82) is 0 Å². The Morgan fingerprint density at radius 1 is 1.28 bits per heavy atom. The lowest BCUT2D eigenvalue weighted by Gasteiger charge is -2.09. The molecule has 0 saturated carbocycles. The predicted octanol–water partition coefficient (Wildman–Crippen LogP) is 2.99. The van der Waals surface area contributed by atoms with Crippen molar-refractivity contribution < 1.29 is 4.79 Å². The lowest BCUT2D eigenvalue weighted by atomic mass is 10.2. The molecule has 0 aliphatic heterocycles. The van der Waals surface area contributed by atoms with Crippen LogP contribution in [0, 0.1) is 6.92 Å². The number of carbonyl (C=O) groups is 1. The lowest BCUT2D eigenvalue weighted by molar-refractivity contribution is 0.102. The molecule has 0 unspecified atom stereocenters. The summed E-state index contributed by atoms with van der Waals surface area (Å²) in [4.78, 5) is 16.0. The second-order valence-electron chi connectivity index (χ2n) is 3.81. The van der Waals surface area contributed by atoms with E-state index in [0.29, 0.717) is 11.5 Å². The molecule has 1 amide bonds. The van der Waals surface area contributed by atoms with Crippen molar-refractivity contribution in [2.45, 2.75) is 6.92 Å². The number of nitrogens with zero attached hydrogens (tertiary/aromatic N) is 1. The van der Waals surface area contributed by atoms with E-state index in [9.17, 15) is 4.79 Å². The maximum atomic E-state index is 12.0. The Bertz CT molecular complexity index is 599. The number of pyridine rings is 1. The second-order valence-corrected chi connectivity index (χ2v) is 4.67. The molecule has 2 aromatic rings. The molecule has 18 heavy (non-hydrogen) atoms. The van der Waals surface area contributed by atoms with Crippen molar-refractivity contribution in [1.82, 2.24) is 4.98 Å². The topological polar surface area (TPSA) is 68.0 Å². The Labute approximate surface area is 113 Å². The highest BCUT2D eigenvalue weighted by molar-refractivity contribution is 9.10. The van der Waals surface area contributed by atoms with Gasteiger partial charge in [0.25, 0.3) is 5.91 Å². The van der Waals surface area contributed by atoms with Crippen molar-refractivity contribution in [3.63, 3.8) is 0 Å². The number of carbonyl (C=O) groups excluding carboxylic acids is 1. The van der Waals surface area contributed by atoms with Crippen LogP contribution < -0.4 is 11.1 Å². The Balaban J connectivity index is 2.24. The summed E-state index contributed by atoms with van der Waals surface area (Å²) >= 11 is 3.42. The smallest absolute Gasteiger partial charge is 0.274 e. The zero-order valence-corrected chi connectivity index (χ0v) is 11.4. The third-order valence-corrected chi connectivity index (χ3v) is 3.38. The molecular formula is C13H12BrN3O. The first kappa shape index (κ1) is 12.6. The number of rotatable bonds is 2. The van der Waals surface area contributed by atoms with Gasteiger partial charge in [-0.1, -0.05) is 28.1 Å². The molecule has 0 spiro atoms. The number of benzene rings is 1. The van der Waals surface area contributed by atoms with Crippen LogP contribution in [-0.2, 0) is 0 Å². The van der Waals surface area contributed by atoms with E-state index < -0.39 is 0 Å². The summed E-state index contributed by atoms with van der Waals surface area (Å²) in [7, 11) is 0. The van der Waals surface area contributed by atoms with Gasteiger partial charge in [0.05, 0.1) is 0 Å². The van der Waals surface area contributed by atoms with Gasteiger partial charge in [-0.2, -0.15) is 0 Å². The molecule has 0 radical (unpaired) electrons. The monoisotopic (exact) mass is 305 g/mol. The maximum Gasteiger partial charge on any atom is 0.274 e. The van der Waals surface area contributed by atoms with Gasteiger partial charge in [0.15, 0.2) is 0 Å². The standard InChI is InChI=1S/C13H12BrN3O/c1-8-9(14)4-2-5-10(8)17-13(18)11-6-3-7-12(15)16-11/h2-7H,1H3,(H2,15,16)(H,17,18). The van der Waals surface area contributed by atoms with Crippen LogP contribution in [0.1, 0.15) is 16.1 Å². The normalized spacial score (nSPS) is 10.1. The Morgan fingerprint density at radius 2 is 2.00 bits per heavy atom. The lowest BCUT2D eigenvalue weighted by Crippen LogP contribution is -2.15. The largest absolute Gasteiger partial charge is 0.384 e. The van der Waals surface area contributed by atoms with Gasteiger partial charge >= 0.3 is 0 Å². The van der Waals surface area contributed by atoms with Gasteiger partial charge < -0.3 is 11.1 Å². The van der Waals surface area contributed by atoms with E-state index in [-0.39, 0.29) is 5.91 Å². The zero-order chi connectivity index (χ0) is 13.1. The van der Waals surface area contributed by atoms with Crippen molar-refractivity contribution in [3.8, 4) is 0 Å². The van der Waals surface area contributed by atoms with Crippen LogP contribution in [0.25, 0.3) is 0 Å². The van der Waals surface area contributed by atoms with Gasteiger partial charge in [0, 0.05) is 10.2 Å². The SMILES string of the molecule is Cc1c(Br)cccc1NC(=O)c1cccc(N)n1. The van der Waals surface area contributed by atoms with Crippen molar-refractivity contribution in [2.24, 2.45) is 0 Å². The number of nitrogens with two attached hydrogens (primary N) is 1. The Hall–Kier alpha value is -1.88. The number of amides is 1. The number of hydrogen-bond donors (Lipinski definition) is 2. The van der Waals surface area contributed by atoms with Crippen LogP contribution >= 0.6 is 15.9 Å². The van der Waals surface area contributed by atoms with E-state index in [1.54, 1.807) is 18.2 Å². The van der Waals surface area contributed by atoms with E-state index in [0.717, 1.165) is 15.7 Å². The first-order valence-corrected chi connectivity index (χ1v) is 6.16. The van der Waals surface area contributed by atoms with Gasteiger partial charge in [0.1, 0.15) is 11.5 Å². The fourth-order valence-electron chi connectivity index (χ4n) is 1.51. The Morgan fingerprint density at radius 3 is 2.72 bits per heavy atom. The molecule has 1 aromatic carbocycles. The van der Waals surface area contributed by atoms with Crippen molar-refractivity contribution in [3.05, 3.63) is 52.1 Å². The molecule has 0 bridgehead atoms. The number of halogens is 1. The summed E-state index contributed by atoms with van der Waals surface area (Å²) in [5.41, 5.74) is 7.56. The highest BCUT2D eigenvalue weighted by Gasteiger charge is 2.10. The summed E-state index contributed by atoms with van der Waals surface area (Å²) in [5, 5.41) is 2.81. The predicted molar refractivity (Wildman–Crippen MR) is 75.5 cm³/mol. The highest BCUT2D eigenvalue weighted by Crippen LogP contribution is 2.23. The summed E-state index contributed by atoms with van der Waals surface area (Å²) in [6, 6.07) is 10.6. The molecule has 1 heterocycles. The van der Waals surface area contributed by atoms with E-state index in [4.69, 9.17) is 5.73 Å². The van der Waals surface area contributed by atoms with E-state index >= 15 is 0 Å². The third kappa shape index (κ3) is 2.68. The molecule has 0 aliphatic carbocycles. The first-order valence-electron chi connectivity index (χ1n) is 5.37. The average Bonchev–Trinajstić information content (AvgIpc) is 2.35. The van der Waals surface area contributed by atoms with Crippen LogP contribution in [0.15, 0.2) is 40.9 Å². The van der Waals surface area contributed by atoms with E-state index in [1.165, 1.54) is 0 Å². The molecule has 0 aliphatic rings. The molecule has 0 saturated heterocycles. The van der Waals surface area contributed by atoms with E-state index in [1.807, 2.05) is 25.1 Å². The first-order chi connectivity index (χ1) is 8.58. The van der Waals surface area contributed by atoms with Gasteiger partial charge in [0.2, 0.25) is 0 Å². The third-order valence-electron chi connectivity index (χ3n) is 2.52. The van der Waals surface area contributed by atoms with Crippen LogP contribution in [0.3, 0.4) is 0 Å². The second kappa shape index (κ2) is 5.18. The quantitative estimate of drug-likeness (QED) is 0.896. The fourth-order valence-corrected chi connectivity index (χ4v) is 1.87.